The molecule has 0 bridgehead atoms. The van der Waals surface area contributed by atoms with Crippen LogP contribution in [0.2, 0.25) is 0 Å². The van der Waals surface area contributed by atoms with Gasteiger partial charge in [0, 0.05) is 38.4 Å². The minimum absolute atomic E-state index is 0.0559. The van der Waals surface area contributed by atoms with Crippen LogP contribution in [0.5, 0.6) is 0 Å². The van der Waals surface area contributed by atoms with Gasteiger partial charge < -0.3 is 10.1 Å². The third kappa shape index (κ3) is 4.95. The number of hydrogen-bond donors (Lipinski definition) is 1. The molecule has 0 saturated carbocycles. The monoisotopic (exact) mass is 289 g/mol. The van der Waals surface area contributed by atoms with Gasteiger partial charge in [0.1, 0.15) is 0 Å². The summed E-state index contributed by atoms with van der Waals surface area (Å²) < 4.78 is 5.41. The second kappa shape index (κ2) is 8.54. The van der Waals surface area contributed by atoms with Crippen LogP contribution in [0.1, 0.15) is 24.9 Å². The molecule has 0 spiro atoms. The minimum Gasteiger partial charge on any atom is -0.379 e. The highest BCUT2D eigenvalue weighted by Crippen LogP contribution is 2.20. The van der Waals surface area contributed by atoms with Crippen molar-refractivity contribution in [2.75, 3.05) is 32.8 Å². The van der Waals surface area contributed by atoms with Crippen LogP contribution in [0, 0.1) is 0 Å². The molecule has 1 fully saturated rings. The predicted octanol–water partition coefficient (Wildman–Crippen LogP) is 1.54. The SMILES string of the molecule is C/C=C/CC(=O)NCC(c1ccncc1)N1CCOCC1. The fraction of sp³-hybridized carbons (Fsp3) is 0.500. The van der Waals surface area contributed by atoms with Crippen LogP contribution in [0.15, 0.2) is 36.7 Å². The predicted molar refractivity (Wildman–Crippen MR) is 81.8 cm³/mol. The maximum absolute atomic E-state index is 11.8. The van der Waals surface area contributed by atoms with E-state index in [1.165, 1.54) is 5.56 Å². The first kappa shape index (κ1) is 15.7. The number of pyridine rings is 1. The third-order valence-electron chi connectivity index (χ3n) is 3.61. The number of carbonyl (C=O) groups excluding carboxylic acids is 1. The number of carbonyl (C=O) groups is 1. The Balaban J connectivity index is 2.00. The molecule has 1 aromatic rings. The van der Waals surface area contributed by atoms with Crippen LogP contribution in [0.25, 0.3) is 0 Å². The fourth-order valence-electron chi connectivity index (χ4n) is 2.44. The number of amides is 1. The maximum atomic E-state index is 11.8. The van der Waals surface area contributed by atoms with Gasteiger partial charge in [0.15, 0.2) is 0 Å². The molecule has 5 nitrogen and oxygen atoms in total. The summed E-state index contributed by atoms with van der Waals surface area (Å²) in [4.78, 5) is 18.2. The van der Waals surface area contributed by atoms with Gasteiger partial charge in [-0.05, 0) is 24.6 Å². The Kier molecular flexibility index (Phi) is 6.37. The Bertz CT molecular complexity index is 456. The zero-order valence-corrected chi connectivity index (χ0v) is 12.5. The average molecular weight is 289 g/mol. The molecule has 114 valence electrons. The molecule has 1 aliphatic heterocycles. The molecule has 2 heterocycles. The van der Waals surface area contributed by atoms with Gasteiger partial charge in [-0.2, -0.15) is 0 Å². The van der Waals surface area contributed by atoms with Crippen molar-refractivity contribution in [1.29, 1.82) is 0 Å². The number of aromatic nitrogens is 1. The quantitative estimate of drug-likeness (QED) is 0.807. The molecule has 0 aliphatic carbocycles. The first-order chi connectivity index (χ1) is 10.3. The van der Waals surface area contributed by atoms with E-state index in [1.807, 2.05) is 31.2 Å². The topological polar surface area (TPSA) is 54.5 Å². The molecule has 1 aromatic heterocycles. The van der Waals surface area contributed by atoms with E-state index in [9.17, 15) is 4.79 Å². The van der Waals surface area contributed by atoms with Gasteiger partial charge in [0.25, 0.3) is 0 Å². The Morgan fingerprint density at radius 2 is 2.14 bits per heavy atom. The second-order valence-electron chi connectivity index (χ2n) is 5.02. The van der Waals surface area contributed by atoms with Crippen molar-refractivity contribution in [3.63, 3.8) is 0 Å². The lowest BCUT2D eigenvalue weighted by molar-refractivity contribution is -0.120. The van der Waals surface area contributed by atoms with E-state index < -0.39 is 0 Å². The summed E-state index contributed by atoms with van der Waals surface area (Å²) in [5, 5.41) is 3.02. The number of nitrogens with zero attached hydrogens (tertiary/aromatic N) is 2. The lowest BCUT2D eigenvalue weighted by Crippen LogP contribution is -2.43. The highest BCUT2D eigenvalue weighted by molar-refractivity contribution is 5.77. The Morgan fingerprint density at radius 1 is 1.43 bits per heavy atom. The van der Waals surface area contributed by atoms with E-state index in [0.29, 0.717) is 13.0 Å². The van der Waals surface area contributed by atoms with Crippen LogP contribution in [-0.2, 0) is 9.53 Å². The van der Waals surface area contributed by atoms with E-state index in [2.05, 4.69) is 15.2 Å². The molecule has 1 saturated heterocycles. The molecule has 1 aliphatic rings. The van der Waals surface area contributed by atoms with Gasteiger partial charge in [-0.25, -0.2) is 0 Å². The van der Waals surface area contributed by atoms with E-state index in [1.54, 1.807) is 12.4 Å². The molecular weight excluding hydrogens is 266 g/mol. The molecule has 1 N–H and O–H groups in total. The number of rotatable bonds is 6. The van der Waals surface area contributed by atoms with Crippen molar-refractivity contribution < 1.29 is 9.53 Å². The lowest BCUT2D eigenvalue weighted by atomic mass is 10.1. The van der Waals surface area contributed by atoms with Crippen LogP contribution in [0.4, 0.5) is 0 Å². The van der Waals surface area contributed by atoms with Gasteiger partial charge in [-0.3, -0.25) is 14.7 Å². The standard InChI is InChI=1S/C16H23N3O2/c1-2-3-4-16(20)18-13-15(14-5-7-17-8-6-14)19-9-11-21-12-10-19/h2-3,5-8,15H,4,9-13H2,1H3,(H,18,20)/b3-2+. The zero-order chi connectivity index (χ0) is 14.9. The Labute approximate surface area is 126 Å². The first-order valence-electron chi connectivity index (χ1n) is 7.41. The molecule has 2 rings (SSSR count). The van der Waals surface area contributed by atoms with Gasteiger partial charge in [-0.1, -0.05) is 12.2 Å². The van der Waals surface area contributed by atoms with Gasteiger partial charge in [0.05, 0.1) is 19.3 Å². The molecule has 5 heteroatoms. The van der Waals surface area contributed by atoms with Crippen molar-refractivity contribution >= 4 is 5.91 Å². The molecular formula is C16H23N3O2. The molecule has 21 heavy (non-hydrogen) atoms. The largest absolute Gasteiger partial charge is 0.379 e. The van der Waals surface area contributed by atoms with Crippen LogP contribution in [0.3, 0.4) is 0 Å². The fourth-order valence-corrected chi connectivity index (χ4v) is 2.44. The van der Waals surface area contributed by atoms with Gasteiger partial charge in [0.2, 0.25) is 5.91 Å². The van der Waals surface area contributed by atoms with E-state index in [4.69, 9.17) is 4.74 Å². The summed E-state index contributed by atoms with van der Waals surface area (Å²) >= 11 is 0. The second-order valence-corrected chi connectivity index (χ2v) is 5.02. The number of morpholine rings is 1. The third-order valence-corrected chi connectivity index (χ3v) is 3.61. The Hall–Kier alpha value is -1.72. The van der Waals surface area contributed by atoms with E-state index >= 15 is 0 Å². The summed E-state index contributed by atoms with van der Waals surface area (Å²) in [6, 6.07) is 4.20. The Morgan fingerprint density at radius 3 is 2.81 bits per heavy atom. The zero-order valence-electron chi connectivity index (χ0n) is 12.5. The number of nitrogens with one attached hydrogen (secondary N) is 1. The molecule has 1 amide bonds. The summed E-state index contributed by atoms with van der Waals surface area (Å²) in [5.74, 6) is 0.0559. The van der Waals surface area contributed by atoms with Crippen molar-refractivity contribution in [3.05, 3.63) is 42.2 Å². The van der Waals surface area contributed by atoms with E-state index in [0.717, 1.165) is 26.3 Å². The number of hydrogen-bond acceptors (Lipinski definition) is 4. The van der Waals surface area contributed by atoms with Gasteiger partial charge >= 0.3 is 0 Å². The lowest BCUT2D eigenvalue weighted by Gasteiger charge is -2.34. The summed E-state index contributed by atoms with van der Waals surface area (Å²) in [6.07, 6.45) is 7.78. The molecule has 1 atom stereocenters. The normalized spacial score (nSPS) is 17.8. The van der Waals surface area contributed by atoms with Gasteiger partial charge in [-0.15, -0.1) is 0 Å². The summed E-state index contributed by atoms with van der Waals surface area (Å²) in [6.45, 7) is 5.79. The number of allylic oxidation sites excluding steroid dienone is 1. The van der Waals surface area contributed by atoms with Crippen molar-refractivity contribution in [2.45, 2.75) is 19.4 Å². The van der Waals surface area contributed by atoms with Crippen LogP contribution in [-0.4, -0.2) is 48.6 Å². The number of ether oxygens (including phenoxy) is 1. The summed E-state index contributed by atoms with van der Waals surface area (Å²) in [5.41, 5.74) is 1.18. The highest BCUT2D eigenvalue weighted by Gasteiger charge is 2.22. The summed E-state index contributed by atoms with van der Waals surface area (Å²) in [7, 11) is 0. The molecule has 0 radical (unpaired) electrons. The molecule has 1 unspecified atom stereocenters. The van der Waals surface area contributed by atoms with Crippen LogP contribution >= 0.6 is 0 Å². The minimum atomic E-state index is 0.0559. The van der Waals surface area contributed by atoms with E-state index in [-0.39, 0.29) is 11.9 Å². The first-order valence-corrected chi connectivity index (χ1v) is 7.41. The molecule has 0 aromatic carbocycles. The highest BCUT2D eigenvalue weighted by atomic mass is 16.5. The maximum Gasteiger partial charge on any atom is 0.223 e. The van der Waals surface area contributed by atoms with Crippen LogP contribution < -0.4 is 5.32 Å². The average Bonchev–Trinajstić information content (AvgIpc) is 2.55. The van der Waals surface area contributed by atoms with Crippen molar-refractivity contribution in [1.82, 2.24) is 15.2 Å². The smallest absolute Gasteiger partial charge is 0.223 e. The van der Waals surface area contributed by atoms with Crippen molar-refractivity contribution in [3.8, 4) is 0 Å². The van der Waals surface area contributed by atoms with Crippen molar-refractivity contribution in [2.24, 2.45) is 0 Å².